The number of benzene rings is 1. The lowest BCUT2D eigenvalue weighted by molar-refractivity contribution is -0.122. The highest BCUT2D eigenvalue weighted by Crippen LogP contribution is 2.19. The fraction of sp³-hybridized carbons (Fsp3) is 0.500. The van der Waals surface area contributed by atoms with E-state index < -0.39 is 0 Å². The Morgan fingerprint density at radius 3 is 2.53 bits per heavy atom. The number of rotatable bonds is 6. The van der Waals surface area contributed by atoms with Crippen molar-refractivity contribution in [1.29, 1.82) is 0 Å². The highest BCUT2D eigenvalue weighted by Gasteiger charge is 2.18. The number of halogens is 1. The minimum absolute atomic E-state index is 0.0567. The van der Waals surface area contributed by atoms with Crippen LogP contribution >= 0.6 is 11.6 Å². The van der Waals surface area contributed by atoms with Crippen LogP contribution in [0, 0.1) is 5.92 Å². The van der Waals surface area contributed by atoms with Gasteiger partial charge in [-0.1, -0.05) is 44.2 Å². The summed E-state index contributed by atoms with van der Waals surface area (Å²) in [6.07, 6.45) is 0.811. The van der Waals surface area contributed by atoms with E-state index in [0.717, 1.165) is 12.0 Å². The first-order valence-corrected chi connectivity index (χ1v) is 6.61. The number of nitrogens with one attached hydrogen (secondary N) is 1. The average Bonchev–Trinajstić information content (AvgIpc) is 2.38. The van der Waals surface area contributed by atoms with E-state index in [2.05, 4.69) is 5.32 Å². The maximum atomic E-state index is 12.0. The van der Waals surface area contributed by atoms with Crippen molar-refractivity contribution in [3.8, 4) is 0 Å². The second-order valence-corrected chi connectivity index (χ2v) is 4.68. The van der Waals surface area contributed by atoms with Crippen LogP contribution < -0.4 is 5.32 Å². The van der Waals surface area contributed by atoms with Gasteiger partial charge in [-0.3, -0.25) is 4.79 Å². The van der Waals surface area contributed by atoms with Crippen LogP contribution in [0.25, 0.3) is 0 Å². The lowest BCUT2D eigenvalue weighted by Gasteiger charge is -2.16. The second kappa shape index (κ2) is 7.33. The molecule has 0 fully saturated rings. The highest BCUT2D eigenvalue weighted by molar-refractivity contribution is 6.18. The van der Waals surface area contributed by atoms with Gasteiger partial charge in [-0.15, -0.1) is 11.6 Å². The summed E-state index contributed by atoms with van der Waals surface area (Å²) >= 11 is 5.71. The fourth-order valence-corrected chi connectivity index (χ4v) is 1.82. The van der Waals surface area contributed by atoms with Crippen molar-refractivity contribution in [3.63, 3.8) is 0 Å². The zero-order valence-corrected chi connectivity index (χ0v) is 11.2. The zero-order valence-electron chi connectivity index (χ0n) is 10.4. The Labute approximate surface area is 108 Å². The van der Waals surface area contributed by atoms with E-state index in [1.54, 1.807) is 0 Å². The Hall–Kier alpha value is -1.02. The second-order valence-electron chi connectivity index (χ2n) is 4.38. The molecule has 0 aromatic heterocycles. The Bertz CT molecular complexity index is 339. The van der Waals surface area contributed by atoms with Gasteiger partial charge in [0, 0.05) is 12.4 Å². The summed E-state index contributed by atoms with van der Waals surface area (Å²) < 4.78 is 0. The molecule has 1 aromatic carbocycles. The quantitative estimate of drug-likeness (QED) is 0.776. The lowest BCUT2D eigenvalue weighted by atomic mass is 9.95. The Morgan fingerprint density at radius 2 is 2.00 bits per heavy atom. The predicted octanol–water partition coefficient (Wildman–Crippen LogP) is 3.17. The summed E-state index contributed by atoms with van der Waals surface area (Å²) in [6, 6.07) is 9.89. The van der Waals surface area contributed by atoms with Crippen LogP contribution in [0.4, 0.5) is 0 Å². The van der Waals surface area contributed by atoms with Crippen molar-refractivity contribution in [2.45, 2.75) is 26.2 Å². The van der Waals surface area contributed by atoms with E-state index >= 15 is 0 Å². The number of hydrogen-bond acceptors (Lipinski definition) is 1. The van der Waals surface area contributed by atoms with Crippen molar-refractivity contribution in [2.24, 2.45) is 5.92 Å². The van der Waals surface area contributed by atoms with E-state index in [1.807, 2.05) is 44.2 Å². The van der Waals surface area contributed by atoms with E-state index in [-0.39, 0.29) is 11.8 Å². The topological polar surface area (TPSA) is 29.1 Å². The van der Waals surface area contributed by atoms with Crippen LogP contribution in [0.2, 0.25) is 0 Å². The summed E-state index contributed by atoms with van der Waals surface area (Å²) in [4.78, 5) is 12.0. The highest BCUT2D eigenvalue weighted by atomic mass is 35.5. The van der Waals surface area contributed by atoms with Crippen molar-refractivity contribution in [1.82, 2.24) is 5.32 Å². The van der Waals surface area contributed by atoms with E-state index in [0.29, 0.717) is 18.3 Å². The predicted molar refractivity (Wildman–Crippen MR) is 72.4 cm³/mol. The molecule has 0 bridgehead atoms. The van der Waals surface area contributed by atoms with Crippen molar-refractivity contribution in [2.75, 3.05) is 12.4 Å². The van der Waals surface area contributed by atoms with Crippen LogP contribution in [-0.4, -0.2) is 18.3 Å². The number of hydrogen-bond donors (Lipinski definition) is 1. The molecule has 1 aromatic rings. The summed E-state index contributed by atoms with van der Waals surface area (Å²) in [5.41, 5.74) is 1.08. The van der Waals surface area contributed by atoms with Gasteiger partial charge in [0.15, 0.2) is 0 Å². The standard InChI is InChI=1S/C14H20ClNO/c1-3-13(12-7-5-4-6-8-12)14(17)16-10-11(2)9-15/h4-8,11,13H,3,9-10H2,1-2H3,(H,16,17). The van der Waals surface area contributed by atoms with Gasteiger partial charge in [0.25, 0.3) is 0 Å². The molecular formula is C14H20ClNO. The molecule has 0 spiro atoms. The molecule has 1 rings (SSSR count). The third-order valence-electron chi connectivity index (χ3n) is 2.81. The normalized spacial score (nSPS) is 14.1. The first-order chi connectivity index (χ1) is 8.19. The molecule has 0 saturated heterocycles. The van der Waals surface area contributed by atoms with Gasteiger partial charge < -0.3 is 5.32 Å². The molecule has 0 heterocycles. The maximum Gasteiger partial charge on any atom is 0.227 e. The Morgan fingerprint density at radius 1 is 1.35 bits per heavy atom. The van der Waals surface area contributed by atoms with Gasteiger partial charge in [-0.2, -0.15) is 0 Å². The third kappa shape index (κ3) is 4.39. The lowest BCUT2D eigenvalue weighted by Crippen LogP contribution is -2.33. The first kappa shape index (κ1) is 14.0. The molecular weight excluding hydrogens is 234 g/mol. The molecule has 2 atom stereocenters. The molecule has 0 aliphatic carbocycles. The van der Waals surface area contributed by atoms with E-state index in [4.69, 9.17) is 11.6 Å². The SMILES string of the molecule is CCC(C(=O)NCC(C)CCl)c1ccccc1. The van der Waals surface area contributed by atoms with E-state index in [1.165, 1.54) is 0 Å². The molecule has 0 saturated carbocycles. The fourth-order valence-electron chi connectivity index (χ4n) is 1.71. The smallest absolute Gasteiger partial charge is 0.227 e. The Balaban J connectivity index is 2.59. The van der Waals surface area contributed by atoms with Gasteiger partial charge in [0.2, 0.25) is 5.91 Å². The van der Waals surface area contributed by atoms with Gasteiger partial charge in [0.05, 0.1) is 5.92 Å². The first-order valence-electron chi connectivity index (χ1n) is 6.07. The molecule has 2 nitrogen and oxygen atoms in total. The van der Waals surface area contributed by atoms with Crippen molar-refractivity contribution < 1.29 is 4.79 Å². The van der Waals surface area contributed by atoms with Crippen LogP contribution in [0.5, 0.6) is 0 Å². The minimum atomic E-state index is -0.0567. The monoisotopic (exact) mass is 253 g/mol. The summed E-state index contributed by atoms with van der Waals surface area (Å²) in [5.74, 6) is 0.922. The molecule has 0 aliphatic heterocycles. The minimum Gasteiger partial charge on any atom is -0.355 e. The Kier molecular flexibility index (Phi) is 6.06. The number of carbonyl (C=O) groups excluding carboxylic acids is 1. The third-order valence-corrected chi connectivity index (χ3v) is 3.34. The molecule has 94 valence electrons. The molecule has 3 heteroatoms. The molecule has 1 amide bonds. The number of alkyl halides is 1. The molecule has 1 N–H and O–H groups in total. The van der Waals surface area contributed by atoms with Crippen LogP contribution in [0.1, 0.15) is 31.7 Å². The van der Waals surface area contributed by atoms with Gasteiger partial charge in [-0.25, -0.2) is 0 Å². The molecule has 17 heavy (non-hydrogen) atoms. The number of amides is 1. The summed E-state index contributed by atoms with van der Waals surface area (Å²) in [5, 5.41) is 2.96. The summed E-state index contributed by atoms with van der Waals surface area (Å²) in [7, 11) is 0. The van der Waals surface area contributed by atoms with Gasteiger partial charge in [-0.05, 0) is 17.9 Å². The van der Waals surface area contributed by atoms with Crippen LogP contribution in [0.15, 0.2) is 30.3 Å². The largest absolute Gasteiger partial charge is 0.355 e. The maximum absolute atomic E-state index is 12.0. The van der Waals surface area contributed by atoms with Gasteiger partial charge >= 0.3 is 0 Å². The zero-order chi connectivity index (χ0) is 12.7. The van der Waals surface area contributed by atoms with Crippen molar-refractivity contribution in [3.05, 3.63) is 35.9 Å². The number of carbonyl (C=O) groups is 1. The van der Waals surface area contributed by atoms with Crippen LogP contribution in [0.3, 0.4) is 0 Å². The molecule has 2 unspecified atom stereocenters. The van der Waals surface area contributed by atoms with Gasteiger partial charge in [0.1, 0.15) is 0 Å². The van der Waals surface area contributed by atoms with Crippen LogP contribution in [-0.2, 0) is 4.79 Å². The molecule has 0 aliphatic rings. The average molecular weight is 254 g/mol. The van der Waals surface area contributed by atoms with Crippen molar-refractivity contribution >= 4 is 17.5 Å². The molecule has 0 radical (unpaired) electrons. The van der Waals surface area contributed by atoms with E-state index in [9.17, 15) is 4.79 Å². The summed E-state index contributed by atoms with van der Waals surface area (Å²) in [6.45, 7) is 4.70.